The van der Waals surface area contributed by atoms with E-state index < -0.39 is 4.46 Å². The van der Waals surface area contributed by atoms with Gasteiger partial charge < -0.3 is 10.1 Å². The molecule has 1 fully saturated rings. The van der Waals surface area contributed by atoms with Crippen molar-refractivity contribution in [1.29, 1.82) is 0 Å². The van der Waals surface area contributed by atoms with Gasteiger partial charge in [-0.05, 0) is 18.9 Å². The average molecular weight is 359 g/mol. The topological polar surface area (TPSA) is 24.5 Å². The Labute approximate surface area is 150 Å². The van der Waals surface area contributed by atoms with Crippen LogP contribution in [-0.4, -0.2) is 35.6 Å². The van der Waals surface area contributed by atoms with Gasteiger partial charge in [0, 0.05) is 36.7 Å². The van der Waals surface area contributed by atoms with Gasteiger partial charge in [0.2, 0.25) is 0 Å². The molecule has 0 unspecified atom stereocenters. The summed E-state index contributed by atoms with van der Waals surface area (Å²) < 4.78 is 4.58. The summed E-state index contributed by atoms with van der Waals surface area (Å²) in [4.78, 5) is 2.19. The number of rotatable bonds is 5. The molecule has 1 aromatic rings. The number of ether oxygens (including phenoxy) is 1. The van der Waals surface area contributed by atoms with E-state index in [1.807, 2.05) is 18.2 Å². The summed E-state index contributed by atoms with van der Waals surface area (Å²) in [5.74, 6) is 0.936. The molecule has 1 saturated heterocycles. The van der Waals surface area contributed by atoms with E-state index in [0.29, 0.717) is 6.04 Å². The smallest absolute Gasteiger partial charge is 0.176 e. The number of alkyl halides is 2. The van der Waals surface area contributed by atoms with Crippen LogP contribution >= 0.6 is 23.2 Å². The third-order valence-electron chi connectivity index (χ3n) is 4.57. The lowest BCUT2D eigenvalue weighted by molar-refractivity contribution is 0.0931. The zero-order valence-corrected chi connectivity index (χ0v) is 16.0. The van der Waals surface area contributed by atoms with Crippen LogP contribution in [0, 0.1) is 5.41 Å². The van der Waals surface area contributed by atoms with E-state index in [0.717, 1.165) is 38.2 Å². The SMILES string of the molecule is COc1ccccc1CNC1CCN(C(Cl)(Cl)C(C)(C)C)CC1. The number of hydrogen-bond acceptors (Lipinski definition) is 3. The molecule has 1 aromatic carbocycles. The molecule has 1 heterocycles. The number of benzene rings is 1. The van der Waals surface area contributed by atoms with Crippen LogP contribution in [0.5, 0.6) is 5.75 Å². The van der Waals surface area contributed by atoms with Gasteiger partial charge in [0.25, 0.3) is 0 Å². The molecule has 1 N–H and O–H groups in total. The van der Waals surface area contributed by atoms with Crippen molar-refractivity contribution in [1.82, 2.24) is 10.2 Å². The summed E-state index contributed by atoms with van der Waals surface area (Å²) in [7, 11) is 1.71. The van der Waals surface area contributed by atoms with Crippen LogP contribution in [0.1, 0.15) is 39.2 Å². The normalized spacial score (nSPS) is 18.2. The first-order chi connectivity index (χ1) is 10.8. The minimum absolute atomic E-state index is 0.173. The Hall–Kier alpha value is -0.480. The number of hydrogen-bond donors (Lipinski definition) is 1. The zero-order valence-electron chi connectivity index (χ0n) is 14.5. The number of nitrogens with zero attached hydrogens (tertiary/aromatic N) is 1. The Bertz CT molecular complexity index is 506. The van der Waals surface area contributed by atoms with Crippen molar-refractivity contribution in [3.63, 3.8) is 0 Å². The summed E-state index contributed by atoms with van der Waals surface area (Å²) in [6.07, 6.45) is 2.10. The largest absolute Gasteiger partial charge is 0.496 e. The molecule has 5 heteroatoms. The Kier molecular flexibility index (Phi) is 6.23. The standard InChI is InChI=1S/C18H28Cl2N2O/c1-17(2,3)18(19,20)22-11-9-15(10-12-22)21-13-14-7-5-6-8-16(14)23-4/h5-8,15,21H,9-13H2,1-4H3. The van der Waals surface area contributed by atoms with E-state index >= 15 is 0 Å². The molecule has 0 saturated carbocycles. The average Bonchev–Trinajstić information content (AvgIpc) is 2.52. The molecule has 0 bridgehead atoms. The monoisotopic (exact) mass is 358 g/mol. The van der Waals surface area contributed by atoms with Gasteiger partial charge in [-0.2, -0.15) is 0 Å². The van der Waals surface area contributed by atoms with E-state index in [1.54, 1.807) is 7.11 Å². The van der Waals surface area contributed by atoms with Gasteiger partial charge >= 0.3 is 0 Å². The lowest BCUT2D eigenvalue weighted by Crippen LogP contribution is -2.54. The number of likely N-dealkylation sites (tertiary alicyclic amines) is 1. The Morgan fingerprint density at radius 1 is 1.17 bits per heavy atom. The highest BCUT2D eigenvalue weighted by Crippen LogP contribution is 2.44. The molecule has 0 radical (unpaired) electrons. The Balaban J connectivity index is 1.86. The van der Waals surface area contributed by atoms with Gasteiger partial charge in [0.05, 0.1) is 7.11 Å². The second-order valence-electron chi connectivity index (χ2n) is 7.25. The number of para-hydroxylation sites is 1. The highest BCUT2D eigenvalue weighted by molar-refractivity contribution is 6.48. The van der Waals surface area contributed by atoms with Gasteiger partial charge in [-0.1, -0.05) is 62.2 Å². The van der Waals surface area contributed by atoms with Crippen molar-refractivity contribution in [3.05, 3.63) is 29.8 Å². The Morgan fingerprint density at radius 2 is 1.78 bits per heavy atom. The summed E-state index contributed by atoms with van der Waals surface area (Å²) in [5, 5.41) is 3.63. The van der Waals surface area contributed by atoms with Gasteiger partial charge in [-0.3, -0.25) is 4.90 Å². The molecule has 1 aliphatic rings. The maximum atomic E-state index is 6.61. The molecule has 0 spiro atoms. The van der Waals surface area contributed by atoms with Crippen LogP contribution in [0.25, 0.3) is 0 Å². The van der Waals surface area contributed by atoms with E-state index in [4.69, 9.17) is 27.9 Å². The summed E-state index contributed by atoms with van der Waals surface area (Å²) in [6.45, 7) is 8.89. The van der Waals surface area contributed by atoms with Crippen LogP contribution < -0.4 is 10.1 Å². The molecular weight excluding hydrogens is 331 g/mol. The second kappa shape index (κ2) is 7.60. The van der Waals surface area contributed by atoms with Crippen LogP contribution in [0.15, 0.2) is 24.3 Å². The fourth-order valence-electron chi connectivity index (χ4n) is 2.94. The van der Waals surface area contributed by atoms with Crippen molar-refractivity contribution < 1.29 is 4.74 Å². The van der Waals surface area contributed by atoms with Crippen LogP contribution in [0.2, 0.25) is 0 Å². The molecule has 0 amide bonds. The van der Waals surface area contributed by atoms with E-state index in [-0.39, 0.29) is 5.41 Å². The third kappa shape index (κ3) is 4.54. The van der Waals surface area contributed by atoms with Crippen molar-refractivity contribution in [2.45, 2.75) is 50.7 Å². The van der Waals surface area contributed by atoms with Gasteiger partial charge in [0.15, 0.2) is 4.46 Å². The quantitative estimate of drug-likeness (QED) is 0.622. The molecule has 1 aliphatic heterocycles. The van der Waals surface area contributed by atoms with Crippen molar-refractivity contribution in [3.8, 4) is 5.75 Å². The lowest BCUT2D eigenvalue weighted by Gasteiger charge is -2.46. The number of halogens is 2. The number of piperidine rings is 1. The van der Waals surface area contributed by atoms with E-state index in [1.165, 1.54) is 5.56 Å². The Morgan fingerprint density at radius 3 is 2.35 bits per heavy atom. The summed E-state index contributed by atoms with van der Waals surface area (Å²) in [6, 6.07) is 8.62. The van der Waals surface area contributed by atoms with Crippen molar-refractivity contribution in [2.75, 3.05) is 20.2 Å². The van der Waals surface area contributed by atoms with Crippen LogP contribution in [0.4, 0.5) is 0 Å². The highest BCUT2D eigenvalue weighted by atomic mass is 35.5. The van der Waals surface area contributed by atoms with Gasteiger partial charge in [-0.25, -0.2) is 0 Å². The highest BCUT2D eigenvalue weighted by Gasteiger charge is 2.44. The maximum Gasteiger partial charge on any atom is 0.176 e. The summed E-state index contributed by atoms with van der Waals surface area (Å²) >= 11 is 13.2. The van der Waals surface area contributed by atoms with Crippen molar-refractivity contribution >= 4 is 23.2 Å². The first-order valence-corrected chi connectivity index (χ1v) is 8.99. The molecule has 3 nitrogen and oxygen atoms in total. The van der Waals surface area contributed by atoms with Gasteiger partial charge in [0.1, 0.15) is 5.75 Å². The minimum Gasteiger partial charge on any atom is -0.496 e. The van der Waals surface area contributed by atoms with Crippen molar-refractivity contribution in [2.24, 2.45) is 5.41 Å². The first-order valence-electron chi connectivity index (χ1n) is 8.24. The van der Waals surface area contributed by atoms with E-state index in [2.05, 4.69) is 37.1 Å². The van der Waals surface area contributed by atoms with Gasteiger partial charge in [-0.15, -0.1) is 0 Å². The third-order valence-corrected chi connectivity index (χ3v) is 6.18. The summed E-state index contributed by atoms with van der Waals surface area (Å²) in [5.41, 5.74) is 1.02. The minimum atomic E-state index is -0.819. The molecule has 23 heavy (non-hydrogen) atoms. The molecule has 130 valence electrons. The number of nitrogens with one attached hydrogen (secondary N) is 1. The predicted octanol–water partition coefficient (Wildman–Crippen LogP) is 4.43. The molecule has 0 aromatic heterocycles. The zero-order chi connectivity index (χ0) is 17.1. The lowest BCUT2D eigenvalue weighted by atomic mass is 9.93. The first kappa shape index (κ1) is 18.9. The molecule has 2 rings (SSSR count). The molecular formula is C18H28Cl2N2O. The molecule has 0 atom stereocenters. The molecule has 0 aliphatic carbocycles. The fraction of sp³-hybridized carbons (Fsp3) is 0.667. The van der Waals surface area contributed by atoms with E-state index in [9.17, 15) is 0 Å². The fourth-order valence-corrected chi connectivity index (χ4v) is 3.28. The van der Waals surface area contributed by atoms with Crippen LogP contribution in [0.3, 0.4) is 0 Å². The number of methoxy groups -OCH3 is 1. The predicted molar refractivity (Wildman–Crippen MR) is 98.3 cm³/mol. The maximum absolute atomic E-state index is 6.61. The van der Waals surface area contributed by atoms with Crippen LogP contribution in [-0.2, 0) is 6.54 Å². The second-order valence-corrected chi connectivity index (χ2v) is 8.53.